The van der Waals surface area contributed by atoms with Gasteiger partial charge in [-0.1, -0.05) is 12.1 Å². The first kappa shape index (κ1) is 27.3. The van der Waals surface area contributed by atoms with Crippen molar-refractivity contribution >= 4 is 29.6 Å². The maximum Gasteiger partial charge on any atom is 0.325 e. The van der Waals surface area contributed by atoms with E-state index < -0.39 is 66.3 Å². The van der Waals surface area contributed by atoms with Crippen molar-refractivity contribution in [1.29, 1.82) is 0 Å². The van der Waals surface area contributed by atoms with Crippen LogP contribution in [0.15, 0.2) is 24.3 Å². The molecule has 0 saturated carbocycles. The fourth-order valence-electron chi connectivity index (χ4n) is 2.69. The number of aliphatic hydroxyl groups is 1. The number of amides is 4. The van der Waals surface area contributed by atoms with Gasteiger partial charge in [0.25, 0.3) is 0 Å². The van der Waals surface area contributed by atoms with Crippen LogP contribution in [0, 0.1) is 0 Å². The number of carboxylic acid groups (broad SMARTS) is 1. The molecular weight excluding hydrogens is 438 g/mol. The van der Waals surface area contributed by atoms with Crippen molar-refractivity contribution in [3.8, 4) is 5.75 Å². The Balaban J connectivity index is 3.07. The summed E-state index contributed by atoms with van der Waals surface area (Å²) < 4.78 is 0. The Labute approximate surface area is 189 Å². The van der Waals surface area contributed by atoms with Crippen LogP contribution in [0.25, 0.3) is 0 Å². The van der Waals surface area contributed by atoms with Gasteiger partial charge < -0.3 is 42.7 Å². The Morgan fingerprint density at radius 2 is 1.52 bits per heavy atom. The minimum Gasteiger partial charge on any atom is -0.508 e. The third-order valence-corrected chi connectivity index (χ3v) is 4.56. The summed E-state index contributed by atoms with van der Waals surface area (Å²) in [6.45, 7) is 2.42. The summed E-state index contributed by atoms with van der Waals surface area (Å²) >= 11 is 0. The van der Waals surface area contributed by atoms with Crippen molar-refractivity contribution in [2.45, 2.75) is 57.0 Å². The van der Waals surface area contributed by atoms with Gasteiger partial charge in [0.05, 0.1) is 18.6 Å². The van der Waals surface area contributed by atoms with Gasteiger partial charge in [-0.3, -0.25) is 24.0 Å². The summed E-state index contributed by atoms with van der Waals surface area (Å²) in [4.78, 5) is 59.6. The molecule has 5 atom stereocenters. The second kappa shape index (κ2) is 12.4. The van der Waals surface area contributed by atoms with E-state index in [2.05, 4.69) is 16.0 Å². The van der Waals surface area contributed by atoms with Crippen LogP contribution in [-0.4, -0.2) is 75.2 Å². The van der Waals surface area contributed by atoms with E-state index in [1.54, 1.807) is 0 Å². The molecule has 0 radical (unpaired) electrons. The maximum atomic E-state index is 12.9. The van der Waals surface area contributed by atoms with E-state index in [1.807, 2.05) is 0 Å². The number of hydrogen-bond acceptors (Lipinski definition) is 8. The van der Waals surface area contributed by atoms with Crippen molar-refractivity contribution in [3.05, 3.63) is 29.8 Å². The molecule has 0 heterocycles. The highest BCUT2D eigenvalue weighted by atomic mass is 16.4. The highest BCUT2D eigenvalue weighted by Gasteiger charge is 2.32. The quantitative estimate of drug-likeness (QED) is 0.157. The van der Waals surface area contributed by atoms with Crippen molar-refractivity contribution < 1.29 is 39.3 Å². The molecule has 0 saturated heterocycles. The average Bonchev–Trinajstić information content (AvgIpc) is 2.71. The molecule has 1 aromatic carbocycles. The molecule has 1 rings (SSSR count). The van der Waals surface area contributed by atoms with Gasteiger partial charge in [-0.25, -0.2) is 0 Å². The van der Waals surface area contributed by atoms with Gasteiger partial charge in [-0.15, -0.1) is 0 Å². The molecule has 13 nitrogen and oxygen atoms in total. The van der Waals surface area contributed by atoms with Gasteiger partial charge in [0.1, 0.15) is 23.9 Å². The number of carbonyl (C=O) groups excluding carboxylic acids is 4. The number of aliphatic carboxylic acids is 1. The zero-order valence-electron chi connectivity index (χ0n) is 18.1. The van der Waals surface area contributed by atoms with Crippen LogP contribution in [0.2, 0.25) is 0 Å². The minimum atomic E-state index is -1.53. The van der Waals surface area contributed by atoms with Crippen LogP contribution in [0.1, 0.15) is 25.8 Å². The Morgan fingerprint density at radius 3 is 2.00 bits per heavy atom. The minimum absolute atomic E-state index is 0.0225. The van der Waals surface area contributed by atoms with Crippen LogP contribution in [0.4, 0.5) is 0 Å². The largest absolute Gasteiger partial charge is 0.508 e. The number of benzene rings is 1. The third kappa shape index (κ3) is 9.13. The molecule has 0 spiro atoms. The van der Waals surface area contributed by atoms with Crippen molar-refractivity contribution in [2.24, 2.45) is 11.5 Å². The van der Waals surface area contributed by atoms with Crippen LogP contribution in [0.5, 0.6) is 5.75 Å². The summed E-state index contributed by atoms with van der Waals surface area (Å²) in [5, 5.41) is 35.1. The predicted molar refractivity (Wildman–Crippen MR) is 114 cm³/mol. The molecule has 0 aliphatic carbocycles. The van der Waals surface area contributed by atoms with Gasteiger partial charge in [-0.2, -0.15) is 0 Å². The van der Waals surface area contributed by atoms with Crippen LogP contribution in [-0.2, 0) is 30.4 Å². The molecule has 0 aromatic heterocycles. The number of primary amides is 1. The highest BCUT2D eigenvalue weighted by Crippen LogP contribution is 2.12. The number of aliphatic hydroxyl groups excluding tert-OH is 1. The molecule has 0 fully saturated rings. The SMILES string of the molecule is C[C@H](NC(=O)[C@@H](NC(=O)[C@H](Cc1ccc(O)cc1)NC(=O)[C@@H](N)CC(N)=O)[C@@H](C)O)C(=O)O. The molecule has 0 aliphatic rings. The second-order valence-corrected chi connectivity index (χ2v) is 7.50. The number of nitrogens with two attached hydrogens (primary N) is 2. The summed E-state index contributed by atoms with van der Waals surface area (Å²) in [5.74, 6) is -4.86. The van der Waals surface area contributed by atoms with Crippen molar-refractivity contribution in [2.75, 3.05) is 0 Å². The second-order valence-electron chi connectivity index (χ2n) is 7.50. The Hall–Kier alpha value is -3.71. The Kier molecular flexibility index (Phi) is 10.2. The van der Waals surface area contributed by atoms with Crippen LogP contribution in [0.3, 0.4) is 0 Å². The molecule has 1 aromatic rings. The molecule has 182 valence electrons. The molecule has 33 heavy (non-hydrogen) atoms. The van der Waals surface area contributed by atoms with E-state index in [0.29, 0.717) is 5.56 Å². The van der Waals surface area contributed by atoms with E-state index in [-0.39, 0.29) is 12.2 Å². The van der Waals surface area contributed by atoms with Crippen LogP contribution < -0.4 is 27.4 Å². The third-order valence-electron chi connectivity index (χ3n) is 4.56. The summed E-state index contributed by atoms with van der Waals surface area (Å²) in [6, 6.07) is 0.288. The van der Waals surface area contributed by atoms with E-state index in [9.17, 15) is 34.2 Å². The van der Waals surface area contributed by atoms with E-state index in [1.165, 1.54) is 38.1 Å². The number of hydrogen-bond donors (Lipinski definition) is 8. The normalized spacial score (nSPS) is 15.3. The van der Waals surface area contributed by atoms with Crippen molar-refractivity contribution in [1.82, 2.24) is 16.0 Å². The lowest BCUT2D eigenvalue weighted by molar-refractivity contribution is -0.142. The first-order chi connectivity index (χ1) is 15.3. The number of carboxylic acids is 1. The molecule has 10 N–H and O–H groups in total. The number of phenolic OH excluding ortho intramolecular Hbond substituents is 1. The topological polar surface area (TPSA) is 234 Å². The lowest BCUT2D eigenvalue weighted by Gasteiger charge is -2.26. The molecule has 13 heteroatoms. The smallest absolute Gasteiger partial charge is 0.325 e. The predicted octanol–water partition coefficient (Wildman–Crippen LogP) is -2.92. The zero-order chi connectivity index (χ0) is 25.3. The number of carbonyl (C=O) groups is 5. The molecule has 0 unspecified atom stereocenters. The number of phenols is 1. The monoisotopic (exact) mass is 467 g/mol. The van der Waals surface area contributed by atoms with Gasteiger partial charge in [-0.05, 0) is 31.5 Å². The standard InChI is InChI=1S/C20H29N5O8/c1-9(20(32)33)23-19(31)16(10(2)26)25-18(30)14(7-11-3-5-12(27)6-4-11)24-17(29)13(21)8-15(22)28/h3-6,9-10,13-14,16,26-27H,7-8,21H2,1-2H3,(H2,22,28)(H,23,31)(H,24,29)(H,25,30)(H,32,33)/t9-,10+,13-,14-,16-/m0/s1. The maximum absolute atomic E-state index is 12.9. The lowest BCUT2D eigenvalue weighted by atomic mass is 10.0. The number of nitrogens with one attached hydrogen (secondary N) is 3. The molecule has 0 bridgehead atoms. The van der Waals surface area contributed by atoms with Gasteiger partial charge in [0.2, 0.25) is 23.6 Å². The molecule has 0 aliphatic heterocycles. The first-order valence-electron chi connectivity index (χ1n) is 9.95. The van der Waals surface area contributed by atoms with Gasteiger partial charge >= 0.3 is 5.97 Å². The molecular formula is C20H29N5O8. The average molecular weight is 467 g/mol. The van der Waals surface area contributed by atoms with Gasteiger partial charge in [0, 0.05) is 6.42 Å². The fraction of sp³-hybridized carbons (Fsp3) is 0.450. The Bertz CT molecular complexity index is 874. The summed E-state index contributed by atoms with van der Waals surface area (Å²) in [7, 11) is 0. The Morgan fingerprint density at radius 1 is 0.939 bits per heavy atom. The van der Waals surface area contributed by atoms with Crippen LogP contribution >= 0.6 is 0 Å². The van der Waals surface area contributed by atoms with E-state index in [0.717, 1.165) is 0 Å². The van der Waals surface area contributed by atoms with Gasteiger partial charge in [0.15, 0.2) is 0 Å². The van der Waals surface area contributed by atoms with E-state index >= 15 is 0 Å². The summed E-state index contributed by atoms with van der Waals surface area (Å²) in [6.07, 6.45) is -1.97. The highest BCUT2D eigenvalue weighted by molar-refractivity contribution is 5.95. The molecule has 4 amide bonds. The van der Waals surface area contributed by atoms with E-state index in [4.69, 9.17) is 16.6 Å². The lowest BCUT2D eigenvalue weighted by Crippen LogP contribution is -2.60. The summed E-state index contributed by atoms with van der Waals surface area (Å²) in [5.41, 5.74) is 11.2. The zero-order valence-corrected chi connectivity index (χ0v) is 18.1. The fourth-order valence-corrected chi connectivity index (χ4v) is 2.69. The van der Waals surface area contributed by atoms with Crippen molar-refractivity contribution in [3.63, 3.8) is 0 Å². The first-order valence-corrected chi connectivity index (χ1v) is 9.95. The number of aromatic hydroxyl groups is 1. The number of rotatable bonds is 12.